The molecule has 3 saturated carbocycles. The van der Waals surface area contributed by atoms with Gasteiger partial charge in [0.1, 0.15) is 0 Å². The Labute approximate surface area is 130 Å². The molecule has 0 saturated heterocycles. The summed E-state index contributed by atoms with van der Waals surface area (Å²) in [6.45, 7) is 5.17. The first-order valence-electron chi connectivity index (χ1n) is 9.27. The summed E-state index contributed by atoms with van der Waals surface area (Å²) in [7, 11) is 1.94. The molecule has 1 nitrogen and oxygen atoms in total. The molecule has 7 atom stereocenters. The lowest BCUT2D eigenvalue weighted by Gasteiger charge is -2.59. The Hall–Kier alpha value is -0.300. The Balaban J connectivity index is 1.64. The van der Waals surface area contributed by atoms with Gasteiger partial charge < -0.3 is 4.74 Å². The van der Waals surface area contributed by atoms with Crippen LogP contribution in [0.15, 0.2) is 12.2 Å². The van der Waals surface area contributed by atoms with Crippen molar-refractivity contribution in [2.24, 2.45) is 34.5 Å². The van der Waals surface area contributed by atoms with E-state index in [4.69, 9.17) is 4.74 Å². The summed E-state index contributed by atoms with van der Waals surface area (Å²) in [6, 6.07) is 0. The maximum absolute atomic E-state index is 5.88. The fraction of sp³-hybridized carbons (Fsp3) is 0.900. The van der Waals surface area contributed by atoms with Gasteiger partial charge in [-0.2, -0.15) is 0 Å². The molecule has 1 unspecified atom stereocenters. The Morgan fingerprint density at radius 3 is 2.52 bits per heavy atom. The quantitative estimate of drug-likeness (QED) is 0.602. The Kier molecular flexibility index (Phi) is 3.30. The van der Waals surface area contributed by atoms with E-state index in [1.807, 2.05) is 7.11 Å². The zero-order valence-corrected chi connectivity index (χ0v) is 14.1. The van der Waals surface area contributed by atoms with Crippen LogP contribution in [-0.2, 0) is 4.74 Å². The fourth-order valence-corrected chi connectivity index (χ4v) is 7.18. The molecule has 0 bridgehead atoms. The molecule has 4 aliphatic carbocycles. The van der Waals surface area contributed by atoms with Gasteiger partial charge in [0.15, 0.2) is 0 Å². The average molecular weight is 288 g/mol. The lowest BCUT2D eigenvalue weighted by Crippen LogP contribution is -2.53. The molecule has 21 heavy (non-hydrogen) atoms. The minimum Gasteiger partial charge on any atom is -0.381 e. The number of methoxy groups -OCH3 is 1. The second-order valence-electron chi connectivity index (χ2n) is 8.91. The van der Waals surface area contributed by atoms with Crippen molar-refractivity contribution in [2.45, 2.75) is 71.3 Å². The Morgan fingerprint density at radius 1 is 0.905 bits per heavy atom. The van der Waals surface area contributed by atoms with Gasteiger partial charge in [-0.15, -0.1) is 0 Å². The van der Waals surface area contributed by atoms with Crippen LogP contribution in [0.3, 0.4) is 0 Å². The predicted octanol–water partition coefficient (Wildman–Crippen LogP) is 5.21. The number of hydrogen-bond acceptors (Lipinski definition) is 1. The van der Waals surface area contributed by atoms with Gasteiger partial charge in [-0.05, 0) is 85.9 Å². The lowest BCUT2D eigenvalue weighted by atomic mass is 9.46. The highest BCUT2D eigenvalue weighted by Gasteiger charge is 2.59. The van der Waals surface area contributed by atoms with Gasteiger partial charge in [-0.1, -0.05) is 26.0 Å². The van der Waals surface area contributed by atoms with E-state index in [0.29, 0.717) is 16.9 Å². The molecule has 0 aromatic carbocycles. The van der Waals surface area contributed by atoms with Gasteiger partial charge in [0.25, 0.3) is 0 Å². The summed E-state index contributed by atoms with van der Waals surface area (Å²) in [5, 5.41) is 0. The van der Waals surface area contributed by atoms with Crippen molar-refractivity contribution in [1.29, 1.82) is 0 Å². The van der Waals surface area contributed by atoms with E-state index in [2.05, 4.69) is 26.0 Å². The van der Waals surface area contributed by atoms with Crippen molar-refractivity contribution >= 4 is 0 Å². The molecule has 0 aromatic rings. The summed E-state index contributed by atoms with van der Waals surface area (Å²) < 4.78 is 5.88. The molecular weight excluding hydrogens is 256 g/mol. The molecule has 1 heteroatoms. The highest BCUT2D eigenvalue weighted by molar-refractivity contribution is 5.12. The number of rotatable bonds is 1. The molecule has 0 heterocycles. The largest absolute Gasteiger partial charge is 0.381 e. The predicted molar refractivity (Wildman–Crippen MR) is 87.0 cm³/mol. The third-order valence-electron chi connectivity index (χ3n) is 8.41. The zero-order chi connectivity index (χ0) is 14.7. The average Bonchev–Trinajstić information content (AvgIpc) is 2.83. The van der Waals surface area contributed by atoms with E-state index < -0.39 is 0 Å². The standard InChI is InChI=1S/C20H32O/c1-19-12-5-4-6-14(19)7-8-15-16-9-10-18(21-3)20(16,2)13-11-17(15)19/h4-5,14-18H,6-13H2,1-3H3/t14?,15-,16-,17-,18-,19-,20-/m0/s1. The van der Waals surface area contributed by atoms with Crippen LogP contribution in [0.2, 0.25) is 0 Å². The van der Waals surface area contributed by atoms with Crippen LogP contribution in [0.25, 0.3) is 0 Å². The number of allylic oxidation sites excluding steroid dienone is 2. The normalized spacial score (nSPS) is 55.7. The zero-order valence-electron chi connectivity index (χ0n) is 14.1. The molecule has 4 rings (SSSR count). The van der Waals surface area contributed by atoms with Crippen molar-refractivity contribution in [1.82, 2.24) is 0 Å². The summed E-state index contributed by atoms with van der Waals surface area (Å²) in [4.78, 5) is 0. The van der Waals surface area contributed by atoms with Crippen LogP contribution in [0.4, 0.5) is 0 Å². The van der Waals surface area contributed by atoms with Gasteiger partial charge >= 0.3 is 0 Å². The number of hydrogen-bond donors (Lipinski definition) is 0. The van der Waals surface area contributed by atoms with E-state index in [1.54, 1.807) is 0 Å². The van der Waals surface area contributed by atoms with Crippen molar-refractivity contribution in [3.63, 3.8) is 0 Å². The second kappa shape index (κ2) is 4.85. The fourth-order valence-electron chi connectivity index (χ4n) is 7.18. The first-order valence-corrected chi connectivity index (χ1v) is 9.27. The molecule has 0 amide bonds. The van der Waals surface area contributed by atoms with Gasteiger partial charge in [0.05, 0.1) is 6.10 Å². The maximum atomic E-state index is 5.88. The first-order chi connectivity index (χ1) is 10.1. The molecule has 118 valence electrons. The summed E-state index contributed by atoms with van der Waals surface area (Å²) >= 11 is 0. The third-order valence-corrected chi connectivity index (χ3v) is 8.41. The maximum Gasteiger partial charge on any atom is 0.0627 e. The lowest BCUT2D eigenvalue weighted by molar-refractivity contribution is -0.114. The van der Waals surface area contributed by atoms with E-state index in [0.717, 1.165) is 23.7 Å². The number of fused-ring (bicyclic) bond motifs is 5. The topological polar surface area (TPSA) is 9.23 Å². The summed E-state index contributed by atoms with van der Waals surface area (Å²) in [5.74, 6) is 3.86. The Bertz CT molecular complexity index is 441. The molecule has 4 aliphatic rings. The van der Waals surface area contributed by atoms with Crippen LogP contribution in [0, 0.1) is 34.5 Å². The van der Waals surface area contributed by atoms with Crippen LogP contribution < -0.4 is 0 Å². The SMILES string of the molecule is CO[C@H]1CC[C@H]2[C@@H]3CCC4CC=CC[C@]4(C)[C@H]3CC[C@]12C. The molecule has 3 fully saturated rings. The van der Waals surface area contributed by atoms with Crippen molar-refractivity contribution in [2.75, 3.05) is 7.11 Å². The van der Waals surface area contributed by atoms with Crippen molar-refractivity contribution in [3.8, 4) is 0 Å². The van der Waals surface area contributed by atoms with Crippen LogP contribution in [-0.4, -0.2) is 13.2 Å². The first kappa shape index (κ1) is 14.3. The monoisotopic (exact) mass is 288 g/mol. The molecule has 0 N–H and O–H groups in total. The Morgan fingerprint density at radius 2 is 1.71 bits per heavy atom. The molecular formula is C20H32O. The highest BCUT2D eigenvalue weighted by atomic mass is 16.5. The molecule has 0 spiro atoms. The number of ether oxygens (including phenoxy) is 1. The van der Waals surface area contributed by atoms with Crippen molar-refractivity contribution in [3.05, 3.63) is 12.2 Å². The third kappa shape index (κ3) is 1.85. The van der Waals surface area contributed by atoms with Gasteiger partial charge in [-0.25, -0.2) is 0 Å². The van der Waals surface area contributed by atoms with Crippen LogP contribution in [0.5, 0.6) is 0 Å². The van der Waals surface area contributed by atoms with Gasteiger partial charge in [0, 0.05) is 7.11 Å². The van der Waals surface area contributed by atoms with Crippen LogP contribution in [0.1, 0.15) is 65.2 Å². The minimum absolute atomic E-state index is 0.476. The highest BCUT2D eigenvalue weighted by Crippen LogP contribution is 2.65. The van der Waals surface area contributed by atoms with E-state index >= 15 is 0 Å². The van der Waals surface area contributed by atoms with Crippen molar-refractivity contribution < 1.29 is 4.74 Å². The molecule has 0 aromatic heterocycles. The minimum atomic E-state index is 0.476. The van der Waals surface area contributed by atoms with Crippen LogP contribution >= 0.6 is 0 Å². The van der Waals surface area contributed by atoms with Gasteiger partial charge in [-0.3, -0.25) is 0 Å². The molecule has 0 radical (unpaired) electrons. The summed E-state index contributed by atoms with van der Waals surface area (Å²) in [6.07, 6.45) is 16.7. The van der Waals surface area contributed by atoms with E-state index in [1.165, 1.54) is 51.4 Å². The smallest absolute Gasteiger partial charge is 0.0627 e. The molecule has 0 aliphatic heterocycles. The summed E-state index contributed by atoms with van der Waals surface area (Å²) in [5.41, 5.74) is 1.08. The second-order valence-corrected chi connectivity index (χ2v) is 8.91. The van der Waals surface area contributed by atoms with E-state index in [-0.39, 0.29) is 0 Å². The van der Waals surface area contributed by atoms with E-state index in [9.17, 15) is 0 Å². The van der Waals surface area contributed by atoms with Gasteiger partial charge in [0.2, 0.25) is 0 Å².